The van der Waals surface area contributed by atoms with E-state index in [-0.39, 0.29) is 13.2 Å². The minimum Gasteiger partial charge on any atom is -0.396 e. The minimum absolute atomic E-state index is 0.0132. The van der Waals surface area contributed by atoms with E-state index < -0.39 is 11.5 Å². The van der Waals surface area contributed by atoms with Crippen molar-refractivity contribution in [2.45, 2.75) is 32.8 Å². The van der Waals surface area contributed by atoms with Crippen molar-refractivity contribution >= 4 is 0 Å². The van der Waals surface area contributed by atoms with Gasteiger partial charge in [-0.2, -0.15) is 0 Å². The van der Waals surface area contributed by atoms with Gasteiger partial charge < -0.3 is 15.3 Å². The summed E-state index contributed by atoms with van der Waals surface area (Å²) in [6, 6.07) is 0. The molecular formula is C8H18O3. The van der Waals surface area contributed by atoms with Crippen molar-refractivity contribution in [1.82, 2.24) is 0 Å². The largest absolute Gasteiger partial charge is 0.396 e. The molecule has 0 aliphatic carbocycles. The second-order valence-electron chi connectivity index (χ2n) is 3.02. The molecule has 2 atom stereocenters. The number of hydrogen-bond donors (Lipinski definition) is 3. The average Bonchev–Trinajstić information content (AvgIpc) is 2.00. The Morgan fingerprint density at radius 2 is 1.91 bits per heavy atom. The number of hydrogen-bond acceptors (Lipinski definition) is 3. The van der Waals surface area contributed by atoms with E-state index in [1.54, 1.807) is 6.92 Å². The molecule has 0 aromatic carbocycles. The van der Waals surface area contributed by atoms with Gasteiger partial charge in [0.25, 0.3) is 0 Å². The molecule has 0 spiro atoms. The van der Waals surface area contributed by atoms with Gasteiger partial charge in [-0.3, -0.25) is 0 Å². The third-order valence-electron chi connectivity index (χ3n) is 2.51. The van der Waals surface area contributed by atoms with Gasteiger partial charge in [0, 0.05) is 12.0 Å². The lowest BCUT2D eigenvalue weighted by Crippen LogP contribution is -2.37. The molecule has 0 aliphatic heterocycles. The zero-order valence-corrected chi connectivity index (χ0v) is 7.25. The van der Waals surface area contributed by atoms with Crippen molar-refractivity contribution in [3.8, 4) is 0 Å². The van der Waals surface area contributed by atoms with Crippen LogP contribution in [0.1, 0.15) is 26.7 Å². The van der Waals surface area contributed by atoms with Crippen LogP contribution in [0.25, 0.3) is 0 Å². The molecule has 0 fully saturated rings. The SMILES string of the molecule is CCC(CO)(CCO)C(C)O. The predicted octanol–water partition coefficient (Wildman–Crippen LogP) is 0.138. The van der Waals surface area contributed by atoms with E-state index in [0.717, 1.165) is 0 Å². The third-order valence-corrected chi connectivity index (χ3v) is 2.51. The van der Waals surface area contributed by atoms with Crippen LogP contribution in [-0.2, 0) is 0 Å². The van der Waals surface area contributed by atoms with Crippen molar-refractivity contribution in [2.24, 2.45) is 5.41 Å². The molecule has 0 heterocycles. The summed E-state index contributed by atoms with van der Waals surface area (Å²) in [5, 5.41) is 27.0. The summed E-state index contributed by atoms with van der Waals surface area (Å²) in [6.45, 7) is 3.50. The molecule has 3 N–H and O–H groups in total. The molecule has 0 saturated carbocycles. The fraction of sp³-hybridized carbons (Fsp3) is 1.00. The third kappa shape index (κ3) is 2.43. The Kier molecular flexibility index (Phi) is 4.65. The zero-order chi connectivity index (χ0) is 8.91. The van der Waals surface area contributed by atoms with Crippen molar-refractivity contribution in [3.05, 3.63) is 0 Å². The molecule has 11 heavy (non-hydrogen) atoms. The van der Waals surface area contributed by atoms with Crippen LogP contribution < -0.4 is 0 Å². The molecule has 68 valence electrons. The van der Waals surface area contributed by atoms with Crippen molar-refractivity contribution < 1.29 is 15.3 Å². The maximum Gasteiger partial charge on any atom is 0.0591 e. The van der Waals surface area contributed by atoms with Gasteiger partial charge in [-0.25, -0.2) is 0 Å². The molecule has 3 heteroatoms. The van der Waals surface area contributed by atoms with E-state index in [4.69, 9.17) is 10.2 Å². The molecule has 2 unspecified atom stereocenters. The predicted molar refractivity (Wildman–Crippen MR) is 43.2 cm³/mol. The first-order valence-corrected chi connectivity index (χ1v) is 4.02. The maximum absolute atomic E-state index is 9.32. The van der Waals surface area contributed by atoms with E-state index in [0.29, 0.717) is 12.8 Å². The molecule has 0 aromatic heterocycles. The molecular weight excluding hydrogens is 144 g/mol. The van der Waals surface area contributed by atoms with Crippen LogP contribution in [0.5, 0.6) is 0 Å². The van der Waals surface area contributed by atoms with Crippen LogP contribution in [0.15, 0.2) is 0 Å². The summed E-state index contributed by atoms with van der Waals surface area (Å²) in [5.41, 5.74) is -0.505. The Hall–Kier alpha value is -0.120. The second kappa shape index (κ2) is 4.70. The normalized spacial score (nSPS) is 19.4. The van der Waals surface area contributed by atoms with Gasteiger partial charge in [-0.05, 0) is 19.8 Å². The fourth-order valence-electron chi connectivity index (χ4n) is 1.23. The Bertz CT molecular complexity index is 97.5. The smallest absolute Gasteiger partial charge is 0.0591 e. The Labute approximate surface area is 67.7 Å². The second-order valence-corrected chi connectivity index (χ2v) is 3.02. The van der Waals surface area contributed by atoms with E-state index in [1.807, 2.05) is 6.92 Å². The molecule has 0 bridgehead atoms. The summed E-state index contributed by atoms with van der Waals surface area (Å²) in [6.07, 6.45) is 0.573. The van der Waals surface area contributed by atoms with Gasteiger partial charge >= 0.3 is 0 Å². The first-order chi connectivity index (χ1) is 5.13. The van der Waals surface area contributed by atoms with Crippen LogP contribution in [0.4, 0.5) is 0 Å². The Morgan fingerprint density at radius 1 is 1.36 bits per heavy atom. The van der Waals surface area contributed by atoms with Gasteiger partial charge in [0.1, 0.15) is 0 Å². The van der Waals surface area contributed by atoms with Crippen molar-refractivity contribution in [2.75, 3.05) is 13.2 Å². The van der Waals surface area contributed by atoms with Crippen LogP contribution in [0.3, 0.4) is 0 Å². The van der Waals surface area contributed by atoms with Gasteiger partial charge in [0.2, 0.25) is 0 Å². The lowest BCUT2D eigenvalue weighted by molar-refractivity contribution is -0.0255. The van der Waals surface area contributed by atoms with Gasteiger partial charge in [-0.15, -0.1) is 0 Å². The number of aliphatic hydroxyl groups excluding tert-OH is 3. The Morgan fingerprint density at radius 3 is 2.00 bits per heavy atom. The van der Waals surface area contributed by atoms with E-state index in [2.05, 4.69) is 0 Å². The van der Waals surface area contributed by atoms with E-state index in [9.17, 15) is 5.11 Å². The summed E-state index contributed by atoms with van der Waals surface area (Å²) in [5.74, 6) is 0. The van der Waals surface area contributed by atoms with Crippen LogP contribution in [0, 0.1) is 5.41 Å². The molecule has 0 rings (SSSR count). The quantitative estimate of drug-likeness (QED) is 0.539. The highest BCUT2D eigenvalue weighted by atomic mass is 16.3. The summed E-state index contributed by atoms with van der Waals surface area (Å²) < 4.78 is 0. The zero-order valence-electron chi connectivity index (χ0n) is 7.25. The molecule has 0 aliphatic rings. The monoisotopic (exact) mass is 162 g/mol. The standard InChI is InChI=1S/C8H18O3/c1-3-8(6-10,4-5-9)7(2)11/h7,9-11H,3-6H2,1-2H3. The number of rotatable bonds is 5. The summed E-state index contributed by atoms with van der Waals surface area (Å²) >= 11 is 0. The van der Waals surface area contributed by atoms with E-state index in [1.165, 1.54) is 0 Å². The van der Waals surface area contributed by atoms with Gasteiger partial charge in [-0.1, -0.05) is 6.92 Å². The fourth-order valence-corrected chi connectivity index (χ4v) is 1.23. The molecule has 3 nitrogen and oxygen atoms in total. The van der Waals surface area contributed by atoms with Crippen LogP contribution >= 0.6 is 0 Å². The van der Waals surface area contributed by atoms with E-state index >= 15 is 0 Å². The lowest BCUT2D eigenvalue weighted by atomic mass is 9.78. The van der Waals surface area contributed by atoms with Crippen molar-refractivity contribution in [3.63, 3.8) is 0 Å². The maximum atomic E-state index is 9.32. The van der Waals surface area contributed by atoms with Crippen molar-refractivity contribution in [1.29, 1.82) is 0 Å². The molecule has 0 amide bonds. The van der Waals surface area contributed by atoms with Gasteiger partial charge in [0.15, 0.2) is 0 Å². The van der Waals surface area contributed by atoms with Crippen LogP contribution in [0.2, 0.25) is 0 Å². The minimum atomic E-state index is -0.565. The first kappa shape index (κ1) is 10.9. The highest BCUT2D eigenvalue weighted by Crippen LogP contribution is 2.29. The van der Waals surface area contributed by atoms with Gasteiger partial charge in [0.05, 0.1) is 12.7 Å². The van der Waals surface area contributed by atoms with Crippen LogP contribution in [-0.4, -0.2) is 34.6 Å². The molecule has 0 aromatic rings. The topological polar surface area (TPSA) is 60.7 Å². The summed E-state index contributed by atoms with van der Waals surface area (Å²) in [4.78, 5) is 0. The first-order valence-electron chi connectivity index (χ1n) is 4.02. The highest BCUT2D eigenvalue weighted by molar-refractivity contribution is 4.81. The highest BCUT2D eigenvalue weighted by Gasteiger charge is 2.31. The molecule has 0 radical (unpaired) electrons. The summed E-state index contributed by atoms with van der Waals surface area (Å²) in [7, 11) is 0. The number of aliphatic hydroxyl groups is 3. The average molecular weight is 162 g/mol. The lowest BCUT2D eigenvalue weighted by Gasteiger charge is -2.32. The Balaban J connectivity index is 4.20. The molecule has 0 saturated heterocycles.